The minimum absolute atomic E-state index is 0. The number of carbonyl (C=O) groups excluding carboxylic acids is 2. The Bertz CT molecular complexity index is 2790. The number of halogens is 3. The van der Waals surface area contributed by atoms with Crippen LogP contribution in [-0.4, -0.2) is 320 Å². The molecule has 14 N–H and O–H groups in total. The van der Waals surface area contributed by atoms with Gasteiger partial charge in [0.2, 0.25) is 0 Å². The van der Waals surface area contributed by atoms with E-state index in [4.69, 9.17) is 52.1 Å². The molecule has 0 unspecified atom stereocenters. The van der Waals surface area contributed by atoms with Gasteiger partial charge in [-0.25, -0.2) is 0 Å². The van der Waals surface area contributed by atoms with Crippen LogP contribution in [0.5, 0.6) is 0 Å². The molecule has 32 heteroatoms. The number of nitrogens with one attached hydrogen (secondary N) is 3. The van der Waals surface area contributed by atoms with Crippen LogP contribution in [0.25, 0.3) is 0 Å². The van der Waals surface area contributed by atoms with Crippen LogP contribution in [0.2, 0.25) is 0 Å². The Hall–Kier alpha value is 0.130. The van der Waals surface area contributed by atoms with Crippen LogP contribution in [-0.2, 0) is 61.7 Å². The van der Waals surface area contributed by atoms with Crippen molar-refractivity contribution in [1.82, 2.24) is 25.8 Å². The number of nitrogens with zero attached hydrogens (tertiary/aromatic N) is 2. The summed E-state index contributed by atoms with van der Waals surface area (Å²) in [7, 11) is 7.53. The molecule has 656 valence electrons. The highest BCUT2D eigenvalue weighted by atomic mass is 128. The highest BCUT2D eigenvalue weighted by molar-refractivity contribution is 15.0. The monoisotopic (exact) mass is 1930 g/mol. The van der Waals surface area contributed by atoms with Crippen LogP contribution in [0, 0.1) is 46.3 Å². The molecule has 0 saturated carbocycles. The molecule has 7 aliphatic heterocycles. The number of aliphatic hydroxyl groups is 11. The van der Waals surface area contributed by atoms with E-state index >= 15 is 0 Å². The van der Waals surface area contributed by atoms with E-state index in [1.807, 2.05) is 93.4 Å². The summed E-state index contributed by atoms with van der Waals surface area (Å²) < 4.78 is 70.1. The van der Waals surface area contributed by atoms with Gasteiger partial charge in [0.25, 0.3) is 0 Å². The first-order chi connectivity index (χ1) is 50.9. The molecule has 7 rings (SSSR count). The first kappa shape index (κ1) is 103. The number of carbonyl (C=O) groups is 2. The van der Waals surface area contributed by atoms with Gasteiger partial charge in [-0.3, -0.25) is 9.59 Å². The fraction of sp³-hybridized carbons (Fsp3) is 0.975. The average Bonchev–Trinajstić information content (AvgIpc) is 1.57. The van der Waals surface area contributed by atoms with Gasteiger partial charge in [-0.2, -0.15) is 0 Å². The summed E-state index contributed by atoms with van der Waals surface area (Å²) in [5.74, 6) is -5.28. The van der Waals surface area contributed by atoms with Crippen molar-refractivity contribution in [3.05, 3.63) is 0 Å². The Morgan fingerprint density at radius 1 is 0.541 bits per heavy atom. The smallest absolute Gasteiger partial charge is 0.311 e. The molecule has 0 radical (unpaired) electrons. The van der Waals surface area contributed by atoms with Crippen LogP contribution < -0.4 is 16.0 Å². The quantitative estimate of drug-likeness (QED) is 0.0350. The number of hydrogen-bond acceptors (Lipinski definition) is 29. The van der Waals surface area contributed by atoms with Crippen LogP contribution in [0.1, 0.15) is 203 Å². The van der Waals surface area contributed by atoms with Crippen molar-refractivity contribution in [2.24, 2.45) is 46.3 Å². The number of likely N-dealkylation sites (N-methyl/N-ethyl adjacent to an activating group) is 2. The zero-order chi connectivity index (χ0) is 83.7. The Balaban J connectivity index is 0.000000455. The maximum atomic E-state index is 14.3. The second-order valence-electron chi connectivity index (χ2n) is 36.0. The van der Waals surface area contributed by atoms with Gasteiger partial charge in [0.15, 0.2) is 25.2 Å². The molecule has 7 heterocycles. The van der Waals surface area contributed by atoms with Crippen molar-refractivity contribution in [2.45, 2.75) is 372 Å². The van der Waals surface area contributed by atoms with Crippen molar-refractivity contribution in [2.75, 3.05) is 74.2 Å². The van der Waals surface area contributed by atoms with Crippen LogP contribution in [0.15, 0.2) is 0 Å². The predicted octanol–water partition coefficient (Wildman–Crippen LogP) is 5.47. The lowest BCUT2D eigenvalue weighted by atomic mass is 9.66. The van der Waals surface area contributed by atoms with Crippen LogP contribution in [0.3, 0.4) is 0 Å². The van der Waals surface area contributed by atoms with E-state index in [2.05, 4.69) is 53.2 Å². The zero-order valence-electron chi connectivity index (χ0n) is 71.3. The van der Waals surface area contributed by atoms with Gasteiger partial charge in [0.05, 0.1) is 91.7 Å². The van der Waals surface area contributed by atoms with Crippen molar-refractivity contribution in [1.29, 1.82) is 0 Å². The van der Waals surface area contributed by atoms with Crippen molar-refractivity contribution < 1.29 is 118 Å². The lowest BCUT2D eigenvalue weighted by molar-refractivity contribution is -0.326. The predicted molar refractivity (Wildman–Crippen MR) is 447 cm³/mol. The van der Waals surface area contributed by atoms with E-state index in [9.17, 15) is 65.8 Å². The fourth-order valence-electron chi connectivity index (χ4n) is 18.4. The maximum Gasteiger partial charge on any atom is 0.311 e. The van der Waals surface area contributed by atoms with Gasteiger partial charge in [0, 0.05) is 103 Å². The molecule has 7 fully saturated rings. The van der Waals surface area contributed by atoms with Gasteiger partial charge in [-0.05, 0) is 188 Å². The molecule has 7 aliphatic rings. The molecular weight excluding hydrogens is 1780 g/mol. The molecule has 0 aromatic carbocycles. The highest BCUT2D eigenvalue weighted by Gasteiger charge is 2.67. The SMILES string of the molecule is CCCNC[C@]1(O)[C@H](C)O[C@@H](O[C@H]2[C@H](C)[C@@H](O[C@@H]3O[C@H](C)C[C@H](N(C)C)[C@H]3O)[C@@](C)(O)C[C@@H](C)CN[C@H](C)[C@@H](O)[C@](C)(O)[C@@H](CC)OC(=O)[C@@H]2C)C[C@@]1(C)CO.CC[C@H]1OC(=O)[C@H](C)[C@@H](O[C@H]2C[C@@](C)(CO)[C@]3(CO3)[C@H](C)O2)[C@H](C)[C@@H](O[C@@H]2O[C@H](C)C[C@H](N(C)C)[C@H]2O)[C@@](C)(O)C[C@@H](C)CN[C@H](C)[C@@H](O)[C@]1(C)O.I.II. The molecular formula is C79H150I3N5O24. The van der Waals surface area contributed by atoms with Crippen molar-refractivity contribution >= 4 is 73.1 Å². The van der Waals surface area contributed by atoms with Crippen molar-refractivity contribution in [3.63, 3.8) is 0 Å². The molecule has 7 saturated heterocycles. The van der Waals surface area contributed by atoms with Gasteiger partial charge in [-0.1, -0.05) is 62.3 Å². The zero-order valence-corrected chi connectivity index (χ0v) is 77.9. The molecule has 36 atom stereocenters. The third-order valence-corrected chi connectivity index (χ3v) is 25.8. The Morgan fingerprint density at radius 3 is 1.23 bits per heavy atom. The first-order valence-corrected chi connectivity index (χ1v) is 46.7. The summed E-state index contributed by atoms with van der Waals surface area (Å²) in [5, 5.41) is 137. The first-order valence-electron chi connectivity index (χ1n) is 40.4. The normalized spacial score (nSPS) is 48.3. The molecule has 0 bridgehead atoms. The van der Waals surface area contributed by atoms with E-state index in [0.29, 0.717) is 39.1 Å². The molecule has 1 spiro atoms. The van der Waals surface area contributed by atoms with Gasteiger partial charge >= 0.3 is 11.9 Å². The second-order valence-corrected chi connectivity index (χ2v) is 36.0. The third kappa shape index (κ3) is 24.5. The van der Waals surface area contributed by atoms with Gasteiger partial charge in [-0.15, -0.1) is 24.0 Å². The largest absolute Gasteiger partial charge is 0.459 e. The topological polar surface area (TPSA) is 404 Å². The number of epoxide rings is 1. The summed E-state index contributed by atoms with van der Waals surface area (Å²) in [6.45, 7) is 38.8. The number of aliphatic hydroxyl groups excluding tert-OH is 6. The van der Waals surface area contributed by atoms with E-state index < -0.39 is 191 Å². The van der Waals surface area contributed by atoms with E-state index in [-0.39, 0.29) is 118 Å². The number of ether oxygens (including phenoxy) is 11. The fourth-order valence-corrected chi connectivity index (χ4v) is 18.4. The minimum atomic E-state index is -1.83. The van der Waals surface area contributed by atoms with E-state index in [1.165, 1.54) is 13.8 Å². The average molecular weight is 1930 g/mol. The molecule has 0 aromatic heterocycles. The van der Waals surface area contributed by atoms with Crippen molar-refractivity contribution in [3.8, 4) is 0 Å². The second kappa shape index (κ2) is 43.3. The summed E-state index contributed by atoms with van der Waals surface area (Å²) in [5.41, 5.74) is -10.6. The molecule has 0 amide bonds. The van der Waals surface area contributed by atoms with E-state index in [1.54, 1.807) is 76.2 Å². The maximum absolute atomic E-state index is 14.3. The standard InChI is InChI=1S/C41H79N3O12.C38H70N2O12.I2.HI/c1-14-16-42-21-41(51)28(8)53-31(19-38(41,9)22-45)55-33-25(5)35(56-37-32(46)29(44(12)13)17-24(4)52-37)39(10,49)18-23(3)20-43-27(7)34(47)40(11,50)30(15-2)54-36(48)26(33)6;1-13-27-37(10,46)31(43)24(6)39-17-20(2)15-36(9,45)32(52-34-29(42)26(40(11)12)14-21(3)48-34)22(4)30(23(5)33(44)50-27)51-28-16-35(8,18-41)38(19-47-38)25(7)49-28;1-2;/h23-35,37,42-43,45-47,49-51H,14-22H2,1-13H3;20-32,34,39,41-43,45-46H,13-19H2,1-12H3;;1H/t23-,24-,25+,26-,27-,28+,29+,30-,31+,32-,33+,34-,35-,37+,38+,39+,40-,41+;20-,21-,22+,23-,24-,25+,26+,27-,28+,29-,30+,31-,32-,34+,35+,36+,37-,38+;;/m11../s1. The molecule has 111 heavy (non-hydrogen) atoms. The summed E-state index contributed by atoms with van der Waals surface area (Å²) in [6, 6.07) is -1.75. The summed E-state index contributed by atoms with van der Waals surface area (Å²) >= 11 is 4.24. The lowest BCUT2D eigenvalue weighted by Crippen LogP contribution is -2.67. The van der Waals surface area contributed by atoms with E-state index in [0.717, 1.165) is 6.42 Å². The Morgan fingerprint density at radius 2 is 0.901 bits per heavy atom. The molecule has 0 aromatic rings. The Kier molecular flexibility index (Phi) is 40.3. The minimum Gasteiger partial charge on any atom is -0.459 e. The number of hydrogen-bond donors (Lipinski definition) is 14. The number of esters is 2. The Labute approximate surface area is 703 Å². The van der Waals surface area contributed by atoms with Crippen LogP contribution in [0.4, 0.5) is 0 Å². The summed E-state index contributed by atoms with van der Waals surface area (Å²) in [4.78, 5) is 32.3. The van der Waals surface area contributed by atoms with Crippen LogP contribution >= 0.6 is 61.2 Å². The highest BCUT2D eigenvalue weighted by Crippen LogP contribution is 2.55. The number of rotatable bonds is 18. The van der Waals surface area contributed by atoms with Gasteiger partial charge < -0.3 is 134 Å². The lowest BCUT2D eigenvalue weighted by Gasteiger charge is -2.54. The molecule has 0 aliphatic carbocycles. The molecule has 29 nitrogen and oxygen atoms in total. The summed E-state index contributed by atoms with van der Waals surface area (Å²) in [6.07, 6.45) is -13.7. The van der Waals surface area contributed by atoms with Gasteiger partial charge in [0.1, 0.15) is 59.0 Å². The third-order valence-electron chi connectivity index (χ3n) is 25.8. The number of cyclic esters (lactones) is 2.